The molecule has 0 saturated heterocycles. The van der Waals surface area contributed by atoms with E-state index < -0.39 is 12.1 Å². The molecule has 2 amide bonds. The van der Waals surface area contributed by atoms with Gasteiger partial charge in [-0.25, -0.2) is 0 Å². The van der Waals surface area contributed by atoms with Crippen molar-refractivity contribution in [2.45, 2.75) is 52.1 Å². The Balaban J connectivity index is 1.86. The Morgan fingerprint density at radius 3 is 2.43 bits per heavy atom. The van der Waals surface area contributed by atoms with Crippen LogP contribution in [0.25, 0.3) is 11.1 Å². The molecule has 11 nitrogen and oxygen atoms in total. The number of hydrogen-bond donors (Lipinski definition) is 3. The molecule has 4 rings (SSSR count). The van der Waals surface area contributed by atoms with Crippen molar-refractivity contribution in [2.75, 3.05) is 32.0 Å². The minimum atomic E-state index is -0.683. The molecule has 3 aromatic rings. The number of aromatic nitrogens is 2. The van der Waals surface area contributed by atoms with E-state index in [-0.39, 0.29) is 28.8 Å². The number of amides is 2. The van der Waals surface area contributed by atoms with E-state index in [0.717, 1.165) is 11.1 Å². The van der Waals surface area contributed by atoms with Crippen molar-refractivity contribution >= 4 is 23.2 Å². The molecule has 3 N–H and O–H groups in total. The molecule has 0 bridgehead atoms. The van der Waals surface area contributed by atoms with Crippen molar-refractivity contribution in [3.63, 3.8) is 0 Å². The summed E-state index contributed by atoms with van der Waals surface area (Å²) in [5.74, 6) is 1.12. The summed E-state index contributed by atoms with van der Waals surface area (Å²) in [6, 6.07) is 5.84. The Kier molecular flexibility index (Phi) is 9.39. The molecule has 1 aliphatic rings. The van der Waals surface area contributed by atoms with Gasteiger partial charge in [-0.2, -0.15) is 5.10 Å². The highest BCUT2D eigenvalue weighted by Gasteiger charge is 2.30. The molecule has 2 unspecified atom stereocenters. The third-order valence-corrected chi connectivity index (χ3v) is 7.24. The normalized spacial score (nSPS) is 14.6. The lowest BCUT2D eigenvalue weighted by atomic mass is 9.95. The summed E-state index contributed by atoms with van der Waals surface area (Å²) in [4.78, 5) is 39.3. The van der Waals surface area contributed by atoms with Crippen molar-refractivity contribution in [1.29, 1.82) is 0 Å². The predicted molar refractivity (Wildman–Crippen MR) is 161 cm³/mol. The Morgan fingerprint density at radius 2 is 1.83 bits per heavy atom. The second-order valence-corrected chi connectivity index (χ2v) is 10.8. The van der Waals surface area contributed by atoms with E-state index in [1.165, 1.54) is 13.0 Å². The van der Waals surface area contributed by atoms with E-state index in [0.29, 0.717) is 53.3 Å². The zero-order valence-corrected chi connectivity index (χ0v) is 25.2. The lowest BCUT2D eigenvalue weighted by Crippen LogP contribution is -2.37. The van der Waals surface area contributed by atoms with Crippen LogP contribution in [0.15, 0.2) is 41.5 Å². The minimum Gasteiger partial charge on any atom is -0.493 e. The number of anilines is 2. The predicted octanol–water partition coefficient (Wildman–Crippen LogP) is 4.06. The molecule has 1 heterocycles. The average molecular weight is 578 g/mol. The Bertz CT molecular complexity index is 1530. The number of nitrogens with zero attached hydrogens (tertiary/aromatic N) is 2. The lowest BCUT2D eigenvalue weighted by molar-refractivity contribution is -0.120. The van der Waals surface area contributed by atoms with E-state index in [4.69, 9.17) is 14.2 Å². The maximum absolute atomic E-state index is 13.7. The van der Waals surface area contributed by atoms with Gasteiger partial charge in [0.05, 0.1) is 44.9 Å². The van der Waals surface area contributed by atoms with Gasteiger partial charge in [-0.3, -0.25) is 19.1 Å². The van der Waals surface area contributed by atoms with Crippen molar-refractivity contribution in [1.82, 2.24) is 15.1 Å². The fourth-order valence-electron chi connectivity index (χ4n) is 5.43. The molecule has 0 spiro atoms. The number of benzene rings is 1. The molecule has 1 aliphatic carbocycles. The molecular formula is C31H39N5O6. The highest BCUT2D eigenvalue weighted by atomic mass is 16.5. The van der Waals surface area contributed by atoms with Crippen LogP contribution in [0.2, 0.25) is 0 Å². The molecule has 0 fully saturated rings. The van der Waals surface area contributed by atoms with Crippen LogP contribution >= 0.6 is 0 Å². The van der Waals surface area contributed by atoms with Gasteiger partial charge in [-0.15, -0.1) is 0 Å². The summed E-state index contributed by atoms with van der Waals surface area (Å²) in [6.07, 6.45) is 4.91. The standard InChI is InChI=1S/C31H39N5O6/c1-17(2)12-25(31(39)34-20-15-32-36(4)16-20)35-24-11-9-21-22(14-26(24)38)23(33-18(3)37)10-8-19-13-27(40-5)29(41-6)30(42-7)28(19)21/h9,11,13-17,23,25H,8,10,12H2,1-7H3,(H,33,37)(H,34,39)(H,35,38). The summed E-state index contributed by atoms with van der Waals surface area (Å²) >= 11 is 0. The van der Waals surface area contributed by atoms with Crippen LogP contribution in [-0.2, 0) is 23.1 Å². The Hall–Kier alpha value is -4.54. The molecule has 224 valence electrons. The molecule has 0 saturated carbocycles. The number of aryl methyl sites for hydroxylation is 2. The van der Waals surface area contributed by atoms with Crippen molar-refractivity contribution in [2.24, 2.45) is 13.0 Å². The maximum Gasteiger partial charge on any atom is 0.246 e. The smallest absolute Gasteiger partial charge is 0.246 e. The SMILES string of the molecule is COc1cc2c(c(OC)c1OC)-c1ccc(NC(CC(C)C)C(=O)Nc3cnn(C)c3)c(=O)cc1C(NC(C)=O)CC2. The van der Waals surface area contributed by atoms with Crippen molar-refractivity contribution in [3.05, 3.63) is 58.0 Å². The second kappa shape index (κ2) is 13.0. The van der Waals surface area contributed by atoms with Gasteiger partial charge in [0.1, 0.15) is 6.04 Å². The van der Waals surface area contributed by atoms with Gasteiger partial charge in [0.25, 0.3) is 0 Å². The van der Waals surface area contributed by atoms with Crippen LogP contribution in [0.3, 0.4) is 0 Å². The quantitative estimate of drug-likeness (QED) is 0.329. The van der Waals surface area contributed by atoms with E-state index in [1.54, 1.807) is 51.5 Å². The first-order chi connectivity index (χ1) is 20.1. The van der Waals surface area contributed by atoms with Gasteiger partial charge in [-0.1, -0.05) is 19.9 Å². The van der Waals surface area contributed by atoms with Crippen LogP contribution in [0.1, 0.15) is 50.8 Å². The molecule has 2 atom stereocenters. The van der Waals surface area contributed by atoms with E-state index >= 15 is 0 Å². The van der Waals surface area contributed by atoms with Crippen LogP contribution in [0.4, 0.5) is 11.4 Å². The van der Waals surface area contributed by atoms with Crippen LogP contribution in [0.5, 0.6) is 17.2 Å². The largest absolute Gasteiger partial charge is 0.493 e. The first-order valence-electron chi connectivity index (χ1n) is 13.9. The van der Waals surface area contributed by atoms with Gasteiger partial charge in [0, 0.05) is 25.7 Å². The lowest BCUT2D eigenvalue weighted by Gasteiger charge is -2.20. The summed E-state index contributed by atoms with van der Waals surface area (Å²) < 4.78 is 18.7. The number of rotatable bonds is 10. The van der Waals surface area contributed by atoms with E-state index in [9.17, 15) is 14.4 Å². The van der Waals surface area contributed by atoms with Crippen LogP contribution < -0.4 is 35.6 Å². The van der Waals surface area contributed by atoms with Crippen LogP contribution in [-0.4, -0.2) is 49.0 Å². The number of fused-ring (bicyclic) bond motifs is 3. The Labute approximate surface area is 245 Å². The van der Waals surface area contributed by atoms with Crippen LogP contribution in [0, 0.1) is 5.92 Å². The minimum absolute atomic E-state index is 0.175. The number of ether oxygens (including phenoxy) is 3. The second-order valence-electron chi connectivity index (χ2n) is 10.8. The molecular weight excluding hydrogens is 538 g/mol. The van der Waals surface area contributed by atoms with Crippen molar-refractivity contribution in [3.8, 4) is 28.4 Å². The molecule has 11 heteroatoms. The Morgan fingerprint density at radius 1 is 1.10 bits per heavy atom. The average Bonchev–Trinajstić information content (AvgIpc) is 3.21. The topological polar surface area (TPSA) is 133 Å². The van der Waals surface area contributed by atoms with E-state index in [1.807, 2.05) is 26.0 Å². The monoisotopic (exact) mass is 577 g/mol. The number of methoxy groups -OCH3 is 3. The fourth-order valence-corrected chi connectivity index (χ4v) is 5.43. The number of nitrogens with one attached hydrogen (secondary N) is 3. The third-order valence-electron chi connectivity index (χ3n) is 7.24. The van der Waals surface area contributed by atoms with Gasteiger partial charge < -0.3 is 30.2 Å². The molecule has 0 radical (unpaired) electrons. The highest BCUT2D eigenvalue weighted by molar-refractivity contribution is 5.96. The van der Waals surface area contributed by atoms with Crippen molar-refractivity contribution < 1.29 is 23.8 Å². The zero-order chi connectivity index (χ0) is 30.6. The number of carbonyl (C=O) groups excluding carboxylic acids is 2. The molecule has 42 heavy (non-hydrogen) atoms. The zero-order valence-electron chi connectivity index (χ0n) is 25.2. The van der Waals surface area contributed by atoms with E-state index in [2.05, 4.69) is 21.0 Å². The first kappa shape index (κ1) is 30.4. The highest BCUT2D eigenvalue weighted by Crippen LogP contribution is 2.50. The third kappa shape index (κ3) is 6.50. The van der Waals surface area contributed by atoms with Gasteiger partial charge in [-0.05, 0) is 60.1 Å². The summed E-state index contributed by atoms with van der Waals surface area (Å²) in [7, 11) is 6.43. The summed E-state index contributed by atoms with van der Waals surface area (Å²) in [5, 5.41) is 13.2. The summed E-state index contributed by atoms with van der Waals surface area (Å²) in [5.41, 5.74) is 3.57. The summed E-state index contributed by atoms with van der Waals surface area (Å²) in [6.45, 7) is 5.48. The fraction of sp³-hybridized carbons (Fsp3) is 0.419. The number of hydrogen-bond acceptors (Lipinski definition) is 8. The van der Waals surface area contributed by atoms with Gasteiger partial charge in [0.15, 0.2) is 11.5 Å². The molecule has 1 aromatic heterocycles. The molecule has 2 aromatic carbocycles. The molecule has 0 aliphatic heterocycles. The van der Waals surface area contributed by atoms with Gasteiger partial charge >= 0.3 is 0 Å². The maximum atomic E-state index is 13.7. The van der Waals surface area contributed by atoms with Gasteiger partial charge in [0.2, 0.25) is 23.0 Å². The number of carbonyl (C=O) groups is 2. The first-order valence-corrected chi connectivity index (χ1v) is 13.9.